The third-order valence-corrected chi connectivity index (χ3v) is 19.3. The summed E-state index contributed by atoms with van der Waals surface area (Å²) in [5, 5.41) is 20.7. The first kappa shape index (κ1) is 104. The highest BCUT2D eigenvalue weighted by Crippen LogP contribution is 2.45. The number of rotatable bonds is 79. The van der Waals surface area contributed by atoms with Gasteiger partial charge in [0.1, 0.15) is 25.4 Å². The Morgan fingerprint density at radius 2 is 0.459 bits per heavy atom. The number of hydrogen-bond acceptors (Lipinski definition) is 14. The number of phosphoric acid groups is 2. The average Bonchev–Trinajstić information content (AvgIpc) is 0.868. The van der Waals surface area contributed by atoms with Crippen molar-refractivity contribution in [2.24, 2.45) is 0 Å². The van der Waals surface area contributed by atoms with E-state index >= 15 is 0 Å². The number of allylic oxidation sites excluding steroid dienone is 28. The molecule has 18 heteroatoms. The van der Waals surface area contributed by atoms with E-state index in [1.54, 1.807) is 0 Å². The molecule has 622 valence electrons. The van der Waals surface area contributed by atoms with Crippen molar-refractivity contribution in [1.29, 1.82) is 0 Å². The third-order valence-electron chi connectivity index (χ3n) is 17.4. The summed E-state index contributed by atoms with van der Waals surface area (Å²) in [6.07, 6.45) is 105. The van der Waals surface area contributed by atoms with Crippen LogP contribution >= 0.6 is 15.6 Å². The lowest BCUT2D eigenvalue weighted by atomic mass is 10.0. The molecule has 4 N–H and O–H groups in total. The molecule has 0 saturated heterocycles. The molecule has 0 aromatic heterocycles. The topological polar surface area (TPSA) is 231 Å². The number of carbonyl (C=O) groups is 3. The predicted molar refractivity (Wildman–Crippen MR) is 454 cm³/mol. The normalized spacial score (nSPS) is 14.7. The summed E-state index contributed by atoms with van der Waals surface area (Å²) < 4.78 is 61.3. The second-order valence-corrected chi connectivity index (χ2v) is 30.7. The Kier molecular flexibility index (Phi) is 78.5. The molecule has 0 heterocycles. The van der Waals surface area contributed by atoms with Gasteiger partial charge in [-0.3, -0.25) is 32.5 Å². The summed E-state index contributed by atoms with van der Waals surface area (Å²) in [5.74, 6) is -1.62. The smallest absolute Gasteiger partial charge is 0.463 e. The van der Waals surface area contributed by atoms with Crippen LogP contribution in [0.25, 0.3) is 0 Å². The summed E-state index contributed by atoms with van der Waals surface area (Å²) >= 11 is 0. The molecule has 0 spiro atoms. The molecule has 0 amide bonds. The average molecular weight is 1560 g/mol. The Balaban J connectivity index is 4.53. The van der Waals surface area contributed by atoms with E-state index in [2.05, 4.69) is 191 Å². The lowest BCUT2D eigenvalue weighted by Crippen LogP contribution is -2.30. The Labute approximate surface area is 662 Å². The first-order valence-corrected chi connectivity index (χ1v) is 45.4. The van der Waals surface area contributed by atoms with Gasteiger partial charge in [-0.05, 0) is 148 Å². The molecular weight excluding hydrogens is 1410 g/mol. The first-order chi connectivity index (χ1) is 53.2. The molecule has 0 radical (unpaired) electrons. The summed E-state index contributed by atoms with van der Waals surface area (Å²) in [6.45, 7) is 2.32. The van der Waals surface area contributed by atoms with Gasteiger partial charge in [-0.25, -0.2) is 9.13 Å². The molecular formula is C91H152O16P2. The minimum atomic E-state index is -4.95. The molecule has 109 heavy (non-hydrogen) atoms. The van der Waals surface area contributed by atoms with Crippen molar-refractivity contribution in [1.82, 2.24) is 0 Å². The van der Waals surface area contributed by atoms with Crippen molar-refractivity contribution in [3.63, 3.8) is 0 Å². The van der Waals surface area contributed by atoms with Crippen LogP contribution in [0.15, 0.2) is 170 Å². The quantitative estimate of drug-likeness (QED) is 0.0146. The number of unbranched alkanes of at least 4 members (excludes halogenated alkanes) is 28. The van der Waals surface area contributed by atoms with Crippen molar-refractivity contribution in [3.8, 4) is 0 Å². The fourth-order valence-electron chi connectivity index (χ4n) is 11.1. The monoisotopic (exact) mass is 1560 g/mol. The van der Waals surface area contributed by atoms with Crippen LogP contribution < -0.4 is 0 Å². The van der Waals surface area contributed by atoms with E-state index in [9.17, 15) is 43.5 Å². The van der Waals surface area contributed by atoms with Crippen molar-refractivity contribution in [2.45, 2.75) is 347 Å². The first-order valence-electron chi connectivity index (χ1n) is 42.4. The molecule has 0 aliphatic heterocycles. The SMILES string of the molecule is CC/C=C\C/C=C\C/C=C\C/C=C\C/C=C\C/C=C\CCCCCCC(=O)OCC(COP(=O)(O)OCC(O)COP(=O)(O)OCC(O)COC(=O)CCCCCCCCCCCCCCCCCCC/C=C\C/C=C\C/C=C\C/C=C\C/C=C\CC)OC(=O)CCCCCCCCC/C=C\C/C=C\C/C=C\CC. The van der Waals surface area contributed by atoms with Crippen molar-refractivity contribution < 1.29 is 75.8 Å². The van der Waals surface area contributed by atoms with E-state index < -0.39 is 91.5 Å². The molecule has 0 aliphatic rings. The maximum absolute atomic E-state index is 13.0. The van der Waals surface area contributed by atoms with Gasteiger partial charge in [-0.1, -0.05) is 332 Å². The molecule has 0 fully saturated rings. The lowest BCUT2D eigenvalue weighted by molar-refractivity contribution is -0.161. The second kappa shape index (κ2) is 82.4. The number of ether oxygens (including phenoxy) is 3. The Morgan fingerprint density at radius 3 is 0.725 bits per heavy atom. The van der Waals surface area contributed by atoms with Crippen LogP contribution in [0.2, 0.25) is 0 Å². The van der Waals surface area contributed by atoms with Gasteiger partial charge in [0.2, 0.25) is 0 Å². The molecule has 5 atom stereocenters. The standard InChI is InChI=1S/C91H152O16P2/c1-4-7-10-13-16-19-22-25-28-31-33-35-37-38-39-40-41-42-43-44-45-46-48-50-51-54-56-59-62-65-68-71-74-77-89(94)101-80-86(92)81-103-108(97,98)104-82-87(93)83-105-109(99,100)106-85-88(107-91(96)79-76-73-70-67-64-61-58-53-30-27-24-21-18-15-12-9-6-3)84-102-90(95)78-75-72-69-66-63-60-57-55-52-49-47-36-34-32-29-26-23-20-17-14-11-8-5-2/h7-12,16-21,25-30,33-36,38-39,49,52,57,60,86-88,92-93H,4-6,13-15,22-24,31-32,37,40-48,50-51,53-56,58-59,61-85H2,1-3H3,(H,97,98)(H,99,100)/b10-7-,11-8-,12-9-,19-16-,20-17-,21-18-,28-25-,29-26-,30-27-,35-33-,36-34-,39-38-,52-49-,60-57-. The van der Waals surface area contributed by atoms with Gasteiger partial charge < -0.3 is 34.2 Å². The van der Waals surface area contributed by atoms with Gasteiger partial charge in [0.25, 0.3) is 0 Å². The summed E-state index contributed by atoms with van der Waals surface area (Å²) in [5.41, 5.74) is 0. The number of aliphatic hydroxyl groups excluding tert-OH is 2. The second-order valence-electron chi connectivity index (χ2n) is 27.8. The van der Waals surface area contributed by atoms with Gasteiger partial charge in [-0.2, -0.15) is 0 Å². The highest BCUT2D eigenvalue weighted by atomic mass is 31.2. The van der Waals surface area contributed by atoms with Crippen LogP contribution in [0.5, 0.6) is 0 Å². The van der Waals surface area contributed by atoms with E-state index in [1.807, 2.05) is 0 Å². The van der Waals surface area contributed by atoms with Crippen LogP contribution in [0.1, 0.15) is 329 Å². The van der Waals surface area contributed by atoms with Gasteiger partial charge in [-0.15, -0.1) is 0 Å². The van der Waals surface area contributed by atoms with Gasteiger partial charge in [0.15, 0.2) is 6.10 Å². The molecule has 0 bridgehead atoms. The van der Waals surface area contributed by atoms with Gasteiger partial charge in [0.05, 0.1) is 26.4 Å². The highest BCUT2D eigenvalue weighted by molar-refractivity contribution is 7.47. The molecule has 0 saturated carbocycles. The van der Waals surface area contributed by atoms with Crippen LogP contribution in [0.3, 0.4) is 0 Å². The summed E-state index contributed by atoms with van der Waals surface area (Å²) in [4.78, 5) is 58.8. The van der Waals surface area contributed by atoms with Crippen molar-refractivity contribution >= 4 is 33.6 Å². The Bertz CT molecular complexity index is 2660. The fourth-order valence-corrected chi connectivity index (χ4v) is 12.7. The Morgan fingerprint density at radius 1 is 0.257 bits per heavy atom. The largest absolute Gasteiger partial charge is 0.472 e. The molecule has 0 aliphatic carbocycles. The lowest BCUT2D eigenvalue weighted by Gasteiger charge is -2.21. The summed E-state index contributed by atoms with van der Waals surface area (Å²) in [6, 6.07) is 0. The van der Waals surface area contributed by atoms with Gasteiger partial charge >= 0.3 is 33.6 Å². The molecule has 0 rings (SSSR count). The number of hydrogen-bond donors (Lipinski definition) is 4. The van der Waals surface area contributed by atoms with Crippen LogP contribution in [0, 0.1) is 0 Å². The zero-order chi connectivity index (χ0) is 79.4. The van der Waals surface area contributed by atoms with Crippen molar-refractivity contribution in [2.75, 3.05) is 39.6 Å². The van der Waals surface area contributed by atoms with Crippen LogP contribution in [-0.4, -0.2) is 95.9 Å². The van der Waals surface area contributed by atoms with Crippen molar-refractivity contribution in [3.05, 3.63) is 170 Å². The number of phosphoric ester groups is 2. The van der Waals surface area contributed by atoms with E-state index in [1.165, 1.54) is 89.9 Å². The zero-order valence-electron chi connectivity index (χ0n) is 68.2. The Hall–Kier alpha value is -5.09. The molecule has 0 aromatic rings. The minimum Gasteiger partial charge on any atom is -0.463 e. The van der Waals surface area contributed by atoms with Crippen LogP contribution in [0.4, 0.5) is 0 Å². The summed E-state index contributed by atoms with van der Waals surface area (Å²) in [7, 11) is -9.81. The van der Waals surface area contributed by atoms with Crippen LogP contribution in [-0.2, 0) is 55.8 Å². The zero-order valence-corrected chi connectivity index (χ0v) is 70.0. The predicted octanol–water partition coefficient (Wildman–Crippen LogP) is 25.5. The van der Waals surface area contributed by atoms with Gasteiger partial charge in [0, 0.05) is 19.3 Å². The maximum Gasteiger partial charge on any atom is 0.472 e. The van der Waals surface area contributed by atoms with E-state index in [0.29, 0.717) is 19.3 Å². The highest BCUT2D eigenvalue weighted by Gasteiger charge is 2.29. The fraction of sp³-hybridized carbons (Fsp3) is 0.659. The van der Waals surface area contributed by atoms with E-state index in [-0.39, 0.29) is 19.3 Å². The van der Waals surface area contributed by atoms with E-state index in [4.69, 9.17) is 32.3 Å². The molecule has 16 nitrogen and oxygen atoms in total. The minimum absolute atomic E-state index is 0.0821. The molecule has 5 unspecified atom stereocenters. The third kappa shape index (κ3) is 83.7. The number of esters is 3. The molecule has 0 aromatic carbocycles. The van der Waals surface area contributed by atoms with E-state index in [0.717, 1.165) is 180 Å². The number of aliphatic hydroxyl groups is 2. The maximum atomic E-state index is 13.0. The number of carbonyl (C=O) groups excluding carboxylic acids is 3.